The Morgan fingerprint density at radius 2 is 1.69 bits per heavy atom. The van der Waals surface area contributed by atoms with Crippen molar-refractivity contribution in [2.24, 2.45) is 0 Å². The van der Waals surface area contributed by atoms with Gasteiger partial charge >= 0.3 is 12.1 Å². The van der Waals surface area contributed by atoms with Gasteiger partial charge in [-0.15, -0.1) is 11.3 Å². The summed E-state index contributed by atoms with van der Waals surface area (Å²) in [7, 11) is -4.03. The highest BCUT2D eigenvalue weighted by molar-refractivity contribution is 7.89. The Kier molecular flexibility index (Phi) is 10.6. The lowest BCUT2D eigenvalue weighted by molar-refractivity contribution is -0.384. The van der Waals surface area contributed by atoms with Crippen molar-refractivity contribution < 1.29 is 28.0 Å². The monoisotopic (exact) mass is 706 g/mol. The Bertz CT molecular complexity index is 1920. The van der Waals surface area contributed by atoms with Crippen molar-refractivity contribution in [3.8, 4) is 10.4 Å². The first-order chi connectivity index (χ1) is 23.2. The second kappa shape index (κ2) is 14.7. The number of urea groups is 1. The van der Waals surface area contributed by atoms with Crippen molar-refractivity contribution in [1.29, 1.82) is 0 Å². The van der Waals surface area contributed by atoms with E-state index in [4.69, 9.17) is 0 Å². The lowest BCUT2D eigenvalue weighted by Gasteiger charge is -2.34. The highest BCUT2D eigenvalue weighted by Crippen LogP contribution is 2.41. The summed E-state index contributed by atoms with van der Waals surface area (Å²) in [5, 5.41) is 27.3. The predicted molar refractivity (Wildman–Crippen MR) is 189 cm³/mol. The standard InChI is InChI=1S/C34H38N6O7S2/c1-34(2,3)38-49(46,47)30-19-24(37-32(41)36-20-22-7-5-4-6-8-22)11-18-28(30)29-21-35-31(48-29)23-9-12-25(13-10-23)39(33(42)43)26-14-16-27(17-15-26)40(44)45/h4-8,11,14-19,21,23,25,38H,9-10,12-13,20H2,1-3H3,(H,42,43)(H2,36,37,41). The maximum Gasteiger partial charge on any atom is 0.412 e. The molecule has 0 bridgehead atoms. The van der Waals surface area contributed by atoms with Crippen molar-refractivity contribution in [2.45, 2.75) is 75.4 Å². The van der Waals surface area contributed by atoms with Crippen LogP contribution in [-0.2, 0) is 16.6 Å². The Balaban J connectivity index is 1.33. The second-order valence-electron chi connectivity index (χ2n) is 12.9. The Hall–Kier alpha value is -4.86. The summed E-state index contributed by atoms with van der Waals surface area (Å²) < 4.78 is 30.1. The van der Waals surface area contributed by atoms with Gasteiger partial charge in [0.25, 0.3) is 5.69 Å². The zero-order valence-electron chi connectivity index (χ0n) is 27.3. The molecular weight excluding hydrogens is 669 g/mol. The molecule has 4 N–H and O–H groups in total. The number of carbonyl (C=O) groups excluding carboxylic acids is 1. The first-order valence-electron chi connectivity index (χ1n) is 15.7. The average molecular weight is 707 g/mol. The van der Waals surface area contributed by atoms with Crippen LogP contribution >= 0.6 is 11.3 Å². The van der Waals surface area contributed by atoms with Crippen LogP contribution in [0.2, 0.25) is 0 Å². The van der Waals surface area contributed by atoms with Gasteiger partial charge < -0.3 is 15.7 Å². The maximum atomic E-state index is 13.7. The lowest BCUT2D eigenvalue weighted by atomic mass is 9.85. The third-order valence-electron chi connectivity index (χ3n) is 8.01. The molecule has 1 fully saturated rings. The van der Waals surface area contributed by atoms with E-state index in [0.29, 0.717) is 54.0 Å². The molecule has 3 amide bonds. The van der Waals surface area contributed by atoms with E-state index in [9.17, 15) is 33.2 Å². The van der Waals surface area contributed by atoms with Gasteiger partial charge in [0, 0.05) is 59.3 Å². The highest BCUT2D eigenvalue weighted by atomic mass is 32.2. The molecule has 0 unspecified atom stereocenters. The average Bonchev–Trinajstić information content (AvgIpc) is 3.54. The van der Waals surface area contributed by atoms with Gasteiger partial charge in [0.15, 0.2) is 0 Å². The van der Waals surface area contributed by atoms with Crippen LogP contribution in [0.15, 0.2) is 83.9 Å². The summed E-state index contributed by atoms with van der Waals surface area (Å²) in [4.78, 5) is 42.0. The number of amides is 3. The van der Waals surface area contributed by atoms with Crippen molar-refractivity contribution >= 4 is 50.5 Å². The van der Waals surface area contributed by atoms with Crippen LogP contribution in [0.3, 0.4) is 0 Å². The molecule has 5 rings (SSSR count). The summed E-state index contributed by atoms with van der Waals surface area (Å²) in [6, 6.07) is 18.9. The molecular formula is C34H38N6O7S2. The SMILES string of the molecule is CC(C)(C)NS(=O)(=O)c1cc(NC(=O)NCc2ccccc2)ccc1-c1cnc(C2CCC(N(C(=O)O)c3ccc([N+](=O)[O-])cc3)CC2)s1. The number of aromatic nitrogens is 1. The molecule has 1 heterocycles. The van der Waals surface area contributed by atoms with Crippen molar-refractivity contribution in [3.63, 3.8) is 0 Å². The minimum absolute atomic E-state index is 0.00221. The summed E-state index contributed by atoms with van der Waals surface area (Å²) in [6.45, 7) is 5.55. The molecule has 13 nitrogen and oxygen atoms in total. The normalized spacial score (nSPS) is 16.5. The number of hydrogen-bond acceptors (Lipinski definition) is 8. The Labute approximate surface area is 288 Å². The van der Waals surface area contributed by atoms with Crippen LogP contribution in [0, 0.1) is 10.1 Å². The van der Waals surface area contributed by atoms with Crippen molar-refractivity contribution in [1.82, 2.24) is 15.0 Å². The Morgan fingerprint density at radius 3 is 2.31 bits per heavy atom. The fourth-order valence-corrected chi connectivity index (χ4v) is 8.69. The molecule has 4 aromatic rings. The molecule has 3 aromatic carbocycles. The number of benzene rings is 3. The number of nitrogens with one attached hydrogen (secondary N) is 3. The largest absolute Gasteiger partial charge is 0.465 e. The molecule has 1 aliphatic rings. The second-order valence-corrected chi connectivity index (χ2v) is 15.6. The number of non-ortho nitro benzene ring substituents is 1. The van der Waals surface area contributed by atoms with Crippen LogP contribution in [0.5, 0.6) is 0 Å². The van der Waals surface area contributed by atoms with Gasteiger partial charge in [-0.05, 0) is 76.3 Å². The van der Waals surface area contributed by atoms with Gasteiger partial charge in [0.2, 0.25) is 10.0 Å². The zero-order valence-corrected chi connectivity index (χ0v) is 28.9. The molecule has 1 aromatic heterocycles. The molecule has 1 saturated carbocycles. The van der Waals surface area contributed by atoms with E-state index in [1.807, 2.05) is 30.3 Å². The van der Waals surface area contributed by atoms with Crippen LogP contribution in [-0.4, -0.2) is 47.1 Å². The van der Waals surface area contributed by atoms with E-state index in [1.54, 1.807) is 39.1 Å². The molecule has 0 atom stereocenters. The van der Waals surface area contributed by atoms with E-state index >= 15 is 0 Å². The highest BCUT2D eigenvalue weighted by Gasteiger charge is 2.32. The first kappa shape index (κ1) is 35.4. The minimum atomic E-state index is -4.03. The number of thiazole rings is 1. The minimum Gasteiger partial charge on any atom is -0.465 e. The van der Waals surface area contributed by atoms with Crippen molar-refractivity contribution in [2.75, 3.05) is 10.2 Å². The third kappa shape index (κ3) is 8.99. The fraction of sp³-hybridized carbons (Fsp3) is 0.324. The van der Waals surface area contributed by atoms with Crippen LogP contribution in [0.1, 0.15) is 62.9 Å². The van der Waals surface area contributed by atoms with Gasteiger partial charge in [-0.25, -0.2) is 27.7 Å². The number of hydrogen-bond donors (Lipinski definition) is 4. The molecule has 0 radical (unpaired) electrons. The van der Waals surface area contributed by atoms with Crippen LogP contribution in [0.4, 0.5) is 26.7 Å². The van der Waals surface area contributed by atoms with E-state index in [-0.39, 0.29) is 22.5 Å². The van der Waals surface area contributed by atoms with E-state index in [2.05, 4.69) is 20.3 Å². The number of rotatable bonds is 10. The van der Waals surface area contributed by atoms with Crippen molar-refractivity contribution in [3.05, 3.63) is 99.7 Å². The summed E-state index contributed by atoms with van der Waals surface area (Å²) in [5.41, 5.74) is 1.17. The van der Waals surface area contributed by atoms with Gasteiger partial charge in [0.1, 0.15) is 0 Å². The number of anilines is 2. The fourth-order valence-electron chi connectivity index (χ4n) is 5.83. The third-order valence-corrected chi connectivity index (χ3v) is 11.0. The molecule has 1 aliphatic carbocycles. The van der Waals surface area contributed by atoms with E-state index in [0.717, 1.165) is 10.6 Å². The maximum absolute atomic E-state index is 13.7. The zero-order chi connectivity index (χ0) is 35.3. The Morgan fingerprint density at radius 1 is 1.02 bits per heavy atom. The van der Waals surface area contributed by atoms with Crippen LogP contribution < -0.4 is 20.3 Å². The van der Waals surface area contributed by atoms with Crippen LogP contribution in [0.25, 0.3) is 10.4 Å². The first-order valence-corrected chi connectivity index (χ1v) is 18.0. The number of carbonyl (C=O) groups is 2. The molecule has 0 aliphatic heterocycles. The number of sulfonamides is 1. The van der Waals surface area contributed by atoms with Gasteiger partial charge in [-0.2, -0.15) is 0 Å². The van der Waals surface area contributed by atoms with Gasteiger partial charge in [-0.3, -0.25) is 15.0 Å². The number of nitrogens with zero attached hydrogens (tertiary/aromatic N) is 3. The molecule has 15 heteroatoms. The predicted octanol–water partition coefficient (Wildman–Crippen LogP) is 7.33. The summed E-state index contributed by atoms with van der Waals surface area (Å²) in [5.74, 6) is 0.0458. The van der Waals surface area contributed by atoms with Gasteiger partial charge in [-0.1, -0.05) is 36.4 Å². The smallest absolute Gasteiger partial charge is 0.412 e. The molecule has 0 saturated heterocycles. The topological polar surface area (TPSA) is 184 Å². The number of nitro benzene ring substituents is 1. The quantitative estimate of drug-likeness (QED) is 0.0976. The molecule has 49 heavy (non-hydrogen) atoms. The van der Waals surface area contributed by atoms with E-state index < -0.39 is 32.6 Å². The number of carboxylic acid groups (broad SMARTS) is 1. The molecule has 0 spiro atoms. The van der Waals surface area contributed by atoms with Gasteiger partial charge in [0.05, 0.1) is 19.7 Å². The summed E-state index contributed by atoms with van der Waals surface area (Å²) in [6.07, 6.45) is 2.96. The lowest BCUT2D eigenvalue weighted by Crippen LogP contribution is -2.41. The number of nitro groups is 1. The molecule has 258 valence electrons. The van der Waals surface area contributed by atoms with E-state index in [1.165, 1.54) is 46.6 Å². The summed E-state index contributed by atoms with van der Waals surface area (Å²) >= 11 is 1.39.